The molecule has 0 aliphatic rings. The van der Waals surface area contributed by atoms with Crippen molar-refractivity contribution in [2.45, 2.75) is 9.92 Å². The molecule has 1 aromatic heterocycles. The van der Waals surface area contributed by atoms with Gasteiger partial charge in [0.1, 0.15) is 11.1 Å². The molecule has 6 heteroatoms. The third kappa shape index (κ3) is 3.84. The second-order valence-corrected chi connectivity index (χ2v) is 6.11. The number of esters is 1. The average molecular weight is 347 g/mol. The van der Waals surface area contributed by atoms with Crippen LogP contribution in [0.5, 0.6) is 0 Å². The maximum Gasteiger partial charge on any atom is 0.337 e. The smallest absolute Gasteiger partial charge is 0.337 e. The summed E-state index contributed by atoms with van der Waals surface area (Å²) in [5.74, 6) is -0.388. The van der Waals surface area contributed by atoms with Crippen LogP contribution in [0.2, 0.25) is 0 Å². The number of nitrogens with zero attached hydrogens (tertiary/aromatic N) is 3. The number of carbonyl (C=O) groups is 1. The number of hydrogen-bond donors (Lipinski definition) is 0. The first-order chi connectivity index (χ1) is 12.2. The van der Waals surface area contributed by atoms with Gasteiger partial charge in [-0.25, -0.2) is 4.79 Å². The summed E-state index contributed by atoms with van der Waals surface area (Å²) in [4.78, 5) is 12.3. The van der Waals surface area contributed by atoms with E-state index in [-0.39, 0.29) is 5.97 Å². The zero-order valence-electron chi connectivity index (χ0n) is 13.3. The van der Waals surface area contributed by atoms with E-state index in [0.29, 0.717) is 21.8 Å². The van der Waals surface area contributed by atoms with Crippen LogP contribution in [0, 0.1) is 11.3 Å². The van der Waals surface area contributed by atoms with Gasteiger partial charge in [-0.2, -0.15) is 5.26 Å². The van der Waals surface area contributed by atoms with E-state index in [9.17, 15) is 10.1 Å². The molecule has 25 heavy (non-hydrogen) atoms. The van der Waals surface area contributed by atoms with Crippen molar-refractivity contribution in [1.29, 1.82) is 5.26 Å². The lowest BCUT2D eigenvalue weighted by molar-refractivity contribution is 0.0600. The lowest BCUT2D eigenvalue weighted by Crippen LogP contribution is -2.00. The van der Waals surface area contributed by atoms with Gasteiger partial charge in [0.15, 0.2) is 0 Å². The molecule has 0 aliphatic carbocycles. The molecule has 122 valence electrons. The maximum absolute atomic E-state index is 11.5. The molecular formula is C19H13N3O2S. The summed E-state index contributed by atoms with van der Waals surface area (Å²) < 4.78 is 4.67. The van der Waals surface area contributed by atoms with Crippen molar-refractivity contribution in [2.75, 3.05) is 7.11 Å². The lowest BCUT2D eigenvalue weighted by Gasteiger charge is -2.06. The fourth-order valence-electron chi connectivity index (χ4n) is 2.17. The van der Waals surface area contributed by atoms with Gasteiger partial charge in [-0.3, -0.25) is 0 Å². The predicted octanol–water partition coefficient (Wildman–Crippen LogP) is 3.95. The van der Waals surface area contributed by atoms with Crippen LogP contribution in [0.15, 0.2) is 70.6 Å². The number of methoxy groups -OCH3 is 1. The van der Waals surface area contributed by atoms with Gasteiger partial charge < -0.3 is 4.74 Å². The summed E-state index contributed by atoms with van der Waals surface area (Å²) in [5, 5.41) is 18.4. The SMILES string of the molecule is COC(=O)c1ccc(Sc2nnc(-c3ccccc3)cc2C#N)cc1. The van der Waals surface area contributed by atoms with Crippen LogP contribution >= 0.6 is 11.8 Å². The highest BCUT2D eigenvalue weighted by molar-refractivity contribution is 7.99. The Labute approximate surface area is 149 Å². The lowest BCUT2D eigenvalue weighted by atomic mass is 10.1. The number of aromatic nitrogens is 2. The first kappa shape index (κ1) is 16.7. The van der Waals surface area contributed by atoms with Crippen molar-refractivity contribution in [2.24, 2.45) is 0 Å². The summed E-state index contributed by atoms with van der Waals surface area (Å²) in [6.45, 7) is 0. The molecule has 2 aromatic carbocycles. The molecule has 1 heterocycles. The first-order valence-corrected chi connectivity index (χ1v) is 8.22. The Morgan fingerprint density at radius 2 is 1.80 bits per heavy atom. The molecule has 0 saturated heterocycles. The van der Waals surface area contributed by atoms with Gasteiger partial charge in [-0.15, -0.1) is 10.2 Å². The van der Waals surface area contributed by atoms with Crippen LogP contribution in [0.1, 0.15) is 15.9 Å². The molecule has 0 radical (unpaired) electrons. The highest BCUT2D eigenvalue weighted by Gasteiger charge is 2.11. The van der Waals surface area contributed by atoms with Crippen molar-refractivity contribution >= 4 is 17.7 Å². The van der Waals surface area contributed by atoms with Gasteiger partial charge in [0.25, 0.3) is 0 Å². The molecule has 0 spiro atoms. The monoisotopic (exact) mass is 347 g/mol. The summed E-state index contributed by atoms with van der Waals surface area (Å²) in [7, 11) is 1.34. The van der Waals surface area contributed by atoms with Crippen LogP contribution in [0.25, 0.3) is 11.3 Å². The van der Waals surface area contributed by atoms with Gasteiger partial charge in [0, 0.05) is 10.5 Å². The Morgan fingerprint density at radius 3 is 2.44 bits per heavy atom. The standard InChI is InChI=1S/C19H13N3O2S/c1-24-19(23)14-7-9-16(10-8-14)25-18-15(12-20)11-17(21-22-18)13-5-3-2-4-6-13/h2-11H,1H3. The molecule has 3 aromatic rings. The molecule has 0 fully saturated rings. The molecule has 0 saturated carbocycles. The van der Waals surface area contributed by atoms with Crippen molar-refractivity contribution in [3.8, 4) is 17.3 Å². The number of rotatable bonds is 4. The second kappa shape index (κ2) is 7.60. The van der Waals surface area contributed by atoms with Crippen LogP contribution in [0.4, 0.5) is 0 Å². The fourth-order valence-corrected chi connectivity index (χ4v) is 2.97. The number of benzene rings is 2. The Balaban J connectivity index is 1.85. The summed E-state index contributed by atoms with van der Waals surface area (Å²) >= 11 is 1.32. The topological polar surface area (TPSA) is 75.9 Å². The van der Waals surface area contributed by atoms with Crippen LogP contribution < -0.4 is 0 Å². The van der Waals surface area contributed by atoms with Gasteiger partial charge in [-0.1, -0.05) is 42.1 Å². The van der Waals surface area contributed by atoms with E-state index in [1.807, 2.05) is 30.3 Å². The first-order valence-electron chi connectivity index (χ1n) is 7.40. The molecule has 0 N–H and O–H groups in total. The molecule has 3 rings (SSSR count). The Kier molecular flexibility index (Phi) is 5.07. The molecule has 0 unspecified atom stereocenters. The predicted molar refractivity (Wildman–Crippen MR) is 94.1 cm³/mol. The number of ether oxygens (including phenoxy) is 1. The summed E-state index contributed by atoms with van der Waals surface area (Å²) in [5.41, 5.74) is 2.49. The van der Waals surface area contributed by atoms with E-state index in [4.69, 9.17) is 0 Å². The van der Waals surface area contributed by atoms with E-state index in [0.717, 1.165) is 10.5 Å². The molecule has 0 aliphatic heterocycles. The zero-order valence-corrected chi connectivity index (χ0v) is 14.2. The van der Waals surface area contributed by atoms with Gasteiger partial charge in [0.2, 0.25) is 0 Å². The van der Waals surface area contributed by atoms with Crippen LogP contribution in [-0.2, 0) is 4.74 Å². The van der Waals surface area contributed by atoms with Gasteiger partial charge in [0.05, 0.1) is 23.9 Å². The highest BCUT2D eigenvalue weighted by Crippen LogP contribution is 2.30. The molecular weight excluding hydrogens is 334 g/mol. The van der Waals surface area contributed by atoms with E-state index in [2.05, 4.69) is 21.0 Å². The maximum atomic E-state index is 11.5. The minimum atomic E-state index is -0.388. The zero-order chi connectivity index (χ0) is 17.6. The Bertz CT molecular complexity index is 935. The Hall–Kier alpha value is -3.17. The van der Waals surface area contributed by atoms with Gasteiger partial charge in [-0.05, 0) is 30.3 Å². The third-order valence-electron chi connectivity index (χ3n) is 3.44. The average Bonchev–Trinajstić information content (AvgIpc) is 2.69. The minimum Gasteiger partial charge on any atom is -0.465 e. The fraction of sp³-hybridized carbons (Fsp3) is 0.0526. The van der Waals surface area contributed by atoms with Crippen molar-refractivity contribution in [1.82, 2.24) is 10.2 Å². The molecule has 0 bridgehead atoms. The highest BCUT2D eigenvalue weighted by atomic mass is 32.2. The number of nitriles is 1. The van der Waals surface area contributed by atoms with Crippen molar-refractivity contribution < 1.29 is 9.53 Å². The summed E-state index contributed by atoms with van der Waals surface area (Å²) in [6.07, 6.45) is 0. The van der Waals surface area contributed by atoms with E-state index in [1.165, 1.54) is 18.9 Å². The van der Waals surface area contributed by atoms with Gasteiger partial charge >= 0.3 is 5.97 Å². The normalized spacial score (nSPS) is 10.1. The Morgan fingerprint density at radius 1 is 1.08 bits per heavy atom. The van der Waals surface area contributed by atoms with Crippen LogP contribution in [-0.4, -0.2) is 23.3 Å². The van der Waals surface area contributed by atoms with E-state index in [1.54, 1.807) is 30.3 Å². The number of carbonyl (C=O) groups excluding carboxylic acids is 1. The van der Waals surface area contributed by atoms with Crippen molar-refractivity contribution in [3.05, 3.63) is 71.8 Å². The molecule has 0 atom stereocenters. The summed E-state index contributed by atoms with van der Waals surface area (Å²) in [6, 6.07) is 20.4. The van der Waals surface area contributed by atoms with E-state index < -0.39 is 0 Å². The second-order valence-electron chi connectivity index (χ2n) is 5.04. The molecule has 5 nitrogen and oxygen atoms in total. The third-order valence-corrected chi connectivity index (χ3v) is 4.44. The van der Waals surface area contributed by atoms with Crippen molar-refractivity contribution in [3.63, 3.8) is 0 Å². The minimum absolute atomic E-state index is 0.388. The number of hydrogen-bond acceptors (Lipinski definition) is 6. The largest absolute Gasteiger partial charge is 0.465 e. The van der Waals surface area contributed by atoms with Crippen LogP contribution in [0.3, 0.4) is 0 Å². The quantitative estimate of drug-likeness (QED) is 0.665. The van der Waals surface area contributed by atoms with E-state index >= 15 is 0 Å². The molecule has 0 amide bonds.